The summed E-state index contributed by atoms with van der Waals surface area (Å²) in [4.78, 5) is 25.1. The molecule has 1 unspecified atom stereocenters. The zero-order valence-corrected chi connectivity index (χ0v) is 44.2. The van der Waals surface area contributed by atoms with E-state index in [0.717, 1.165) is 102 Å². The van der Waals surface area contributed by atoms with Crippen molar-refractivity contribution in [1.82, 2.24) is 34.5 Å². The number of aryl methyl sites for hydroxylation is 2. The van der Waals surface area contributed by atoms with Gasteiger partial charge < -0.3 is 27.1 Å². The van der Waals surface area contributed by atoms with E-state index in [-0.39, 0.29) is 25.0 Å². The Bertz CT molecular complexity index is 2510. The van der Waals surface area contributed by atoms with E-state index < -0.39 is 6.97 Å². The van der Waals surface area contributed by atoms with Crippen molar-refractivity contribution in [3.8, 4) is 22.5 Å². The molecule has 3 aromatic heterocycles. The summed E-state index contributed by atoms with van der Waals surface area (Å²) in [6.07, 6.45) is 23.5. The second-order valence-electron chi connectivity index (χ2n) is 19.3. The maximum absolute atomic E-state index is 16.4. The Balaban J connectivity index is 0.751. The van der Waals surface area contributed by atoms with Gasteiger partial charge in [0.1, 0.15) is 23.7 Å². The van der Waals surface area contributed by atoms with Crippen LogP contribution >= 0.6 is 21.6 Å². The second-order valence-corrected chi connectivity index (χ2v) is 22.1. The molecule has 1 saturated heterocycles. The highest BCUT2D eigenvalue weighted by Crippen LogP contribution is 2.45. The maximum atomic E-state index is 16.4. The number of esters is 2. The Hall–Kier alpha value is -4.51. The SMILES string of the molecule is CCC1=C(C)C2=C(COC(=O)CCCCCn3cc(-c4ccc(-c5cn(CCCCCCCCCCCOC(=O)CCCCC6CCSS6)nn5)cc4)nn3)c3c(C)c(CC)c(C)n3[B-](F)(F)[N+]2=C1C. The molecule has 1 aromatic carbocycles. The van der Waals surface area contributed by atoms with Gasteiger partial charge in [0.25, 0.3) is 0 Å². The van der Waals surface area contributed by atoms with Gasteiger partial charge in [0.05, 0.1) is 24.6 Å². The number of rotatable bonds is 29. The number of fused-ring (bicyclic) bond motifs is 2. The van der Waals surface area contributed by atoms with Crippen LogP contribution < -0.4 is 0 Å². The van der Waals surface area contributed by atoms with E-state index in [2.05, 4.69) is 20.6 Å². The summed E-state index contributed by atoms with van der Waals surface area (Å²) >= 11 is 0. The van der Waals surface area contributed by atoms with Gasteiger partial charge in [-0.05, 0) is 95.4 Å². The van der Waals surface area contributed by atoms with Crippen LogP contribution in [0.25, 0.3) is 28.1 Å². The minimum absolute atomic E-state index is 0.0274. The lowest BCUT2D eigenvalue weighted by Crippen LogP contribution is -2.52. The van der Waals surface area contributed by atoms with Gasteiger partial charge in [-0.2, -0.15) is 0 Å². The standard InChI is InChI=1S/C53H75BF2N8O4S2/c1-7-45-38(3)52-47(53-39(4)46(8-2)41(6)64(53)54(55,56)63(52)40(45)5)37-68-51(66)24-17-16-21-32-62-36-49(58-60-62)43-28-26-42(27-29-43)48-35-61(59-57-48)31-20-14-12-10-9-11-13-15-22-33-67-50(65)25-19-18-23-44-30-34-69-70-44/h26-29,35-36,44H,7-25,30-34,37H2,1-6H3. The number of ether oxygens (including phenoxy) is 2. The fraction of sp³-hybridized carbons (Fsp3) is 0.604. The molecule has 3 aliphatic rings. The molecule has 4 aromatic rings. The Morgan fingerprint density at radius 2 is 1.29 bits per heavy atom. The van der Waals surface area contributed by atoms with Gasteiger partial charge in [0.2, 0.25) is 0 Å². The van der Waals surface area contributed by atoms with Crippen molar-refractivity contribution < 1.29 is 32.2 Å². The molecule has 12 nitrogen and oxygen atoms in total. The van der Waals surface area contributed by atoms with Crippen LogP contribution in [-0.4, -0.2) is 87.8 Å². The van der Waals surface area contributed by atoms with Crippen molar-refractivity contribution in [2.75, 3.05) is 19.0 Å². The Kier molecular flexibility index (Phi) is 19.6. The summed E-state index contributed by atoms with van der Waals surface area (Å²) in [5.41, 5.74) is 9.87. The molecule has 0 amide bonds. The lowest BCUT2D eigenvalue weighted by molar-refractivity contribution is -0.364. The fourth-order valence-corrected chi connectivity index (χ4v) is 13.7. The highest BCUT2D eigenvalue weighted by atomic mass is 33.1. The number of nitrogens with zero attached hydrogens (tertiary/aromatic N) is 8. The number of allylic oxidation sites excluding steroid dienone is 2. The van der Waals surface area contributed by atoms with Gasteiger partial charge >= 0.3 is 18.9 Å². The molecule has 0 spiro atoms. The lowest BCUT2D eigenvalue weighted by Gasteiger charge is -2.33. The minimum atomic E-state index is -4.11. The van der Waals surface area contributed by atoms with Gasteiger partial charge in [-0.3, -0.25) is 19.0 Å². The Morgan fingerprint density at radius 1 is 0.729 bits per heavy atom. The molecule has 3 aliphatic heterocycles. The number of unbranched alkanes of at least 4 members (excludes halogenated alkanes) is 11. The maximum Gasteiger partial charge on any atom is 0.737 e. The molecule has 0 bridgehead atoms. The third-order valence-corrected chi connectivity index (χ3v) is 17.5. The lowest BCUT2D eigenvalue weighted by atomic mass is 9.86. The van der Waals surface area contributed by atoms with Crippen LogP contribution in [-0.2, 0) is 38.6 Å². The number of aromatic nitrogens is 7. The van der Waals surface area contributed by atoms with Crippen LogP contribution in [0.5, 0.6) is 0 Å². The Labute approximate surface area is 422 Å². The van der Waals surface area contributed by atoms with Gasteiger partial charge in [0.15, 0.2) is 5.70 Å². The zero-order chi connectivity index (χ0) is 49.6. The average Bonchev–Trinajstić information content (AvgIpc) is 4.21. The van der Waals surface area contributed by atoms with Crippen LogP contribution in [0, 0.1) is 13.8 Å². The van der Waals surface area contributed by atoms with Gasteiger partial charge in [-0.15, -0.1) is 10.2 Å². The molecule has 0 aliphatic carbocycles. The van der Waals surface area contributed by atoms with Crippen molar-refractivity contribution in [1.29, 1.82) is 0 Å². The predicted molar refractivity (Wildman–Crippen MR) is 281 cm³/mol. The molecule has 1 fully saturated rings. The molecule has 1 atom stereocenters. The first-order chi connectivity index (χ1) is 33.9. The van der Waals surface area contributed by atoms with E-state index in [0.29, 0.717) is 67.2 Å². The first kappa shape index (κ1) is 53.3. The van der Waals surface area contributed by atoms with Gasteiger partial charge in [-0.1, -0.05) is 128 Å². The van der Waals surface area contributed by atoms with Crippen LogP contribution in [0.2, 0.25) is 0 Å². The van der Waals surface area contributed by atoms with Crippen molar-refractivity contribution in [2.24, 2.45) is 0 Å². The van der Waals surface area contributed by atoms with E-state index in [1.165, 1.54) is 66.1 Å². The summed E-state index contributed by atoms with van der Waals surface area (Å²) in [5, 5.41) is 18.4. The molecule has 70 heavy (non-hydrogen) atoms. The molecule has 17 heteroatoms. The minimum Gasteiger partial charge on any atom is -0.466 e. The predicted octanol–water partition coefficient (Wildman–Crippen LogP) is 12.9. The van der Waals surface area contributed by atoms with Gasteiger partial charge in [0, 0.05) is 71.8 Å². The number of benzene rings is 1. The van der Waals surface area contributed by atoms with E-state index in [1.54, 1.807) is 13.8 Å². The van der Waals surface area contributed by atoms with E-state index in [9.17, 15) is 9.59 Å². The topological polar surface area (TPSA) is 122 Å². The zero-order valence-electron chi connectivity index (χ0n) is 42.6. The van der Waals surface area contributed by atoms with E-state index >= 15 is 8.63 Å². The molecular weight excluding hydrogens is 926 g/mol. The molecular formula is C53H75BF2N8O4S2. The van der Waals surface area contributed by atoms with Crippen molar-refractivity contribution in [3.63, 3.8) is 0 Å². The summed E-state index contributed by atoms with van der Waals surface area (Å²) < 4.78 is 50.4. The van der Waals surface area contributed by atoms with Crippen LogP contribution in [0.1, 0.15) is 172 Å². The summed E-state index contributed by atoms with van der Waals surface area (Å²) in [6, 6.07) is 8.15. The van der Waals surface area contributed by atoms with Crippen LogP contribution in [0.3, 0.4) is 0 Å². The monoisotopic (exact) mass is 1000 g/mol. The third-order valence-electron chi connectivity index (χ3n) is 14.5. The number of carbonyl (C=O) groups excluding carboxylic acids is 2. The van der Waals surface area contributed by atoms with E-state index in [4.69, 9.17) is 9.47 Å². The Morgan fingerprint density at radius 3 is 1.86 bits per heavy atom. The van der Waals surface area contributed by atoms with Crippen molar-refractivity contribution in [3.05, 3.63) is 76.0 Å². The fourth-order valence-electron chi connectivity index (χ4n) is 10.7. The second kappa shape index (κ2) is 25.7. The summed E-state index contributed by atoms with van der Waals surface area (Å²) in [7, 11) is 3.99. The molecule has 0 radical (unpaired) electrons. The average molecular weight is 1000 g/mol. The normalized spacial score (nSPS) is 16.4. The molecule has 380 valence electrons. The number of hydrogen-bond donors (Lipinski definition) is 0. The quantitative estimate of drug-likeness (QED) is 0.0225. The molecule has 0 saturated carbocycles. The molecule has 7 rings (SSSR count). The van der Waals surface area contributed by atoms with Crippen molar-refractivity contribution >= 4 is 51.8 Å². The molecule has 6 heterocycles. The van der Waals surface area contributed by atoms with Crippen LogP contribution in [0.15, 0.2) is 53.5 Å². The summed E-state index contributed by atoms with van der Waals surface area (Å²) in [6.45, 7) is 9.27. The number of carbonyl (C=O) groups is 2. The highest BCUT2D eigenvalue weighted by Gasteiger charge is 2.56. The first-order valence-corrected chi connectivity index (χ1v) is 28.6. The molecule has 0 N–H and O–H groups in total. The third kappa shape index (κ3) is 13.1. The number of halogens is 2. The number of hydrogen-bond acceptors (Lipinski definition) is 10. The van der Waals surface area contributed by atoms with Gasteiger partial charge in [-0.25, -0.2) is 0 Å². The smallest absolute Gasteiger partial charge is 0.466 e. The summed E-state index contributed by atoms with van der Waals surface area (Å²) in [5.74, 6) is 0.912. The van der Waals surface area contributed by atoms with Crippen LogP contribution in [0.4, 0.5) is 8.63 Å². The largest absolute Gasteiger partial charge is 0.737 e. The van der Waals surface area contributed by atoms with Crippen molar-refractivity contribution in [2.45, 2.75) is 188 Å². The highest BCUT2D eigenvalue weighted by molar-refractivity contribution is 8.77. The van der Waals surface area contributed by atoms with E-state index in [1.807, 2.05) is 95.3 Å². The first-order valence-electron chi connectivity index (χ1n) is 26.2.